The first-order valence-corrected chi connectivity index (χ1v) is 11.1. The molecule has 5 aromatic rings. The monoisotopic (exact) mass is 487 g/mol. The number of benzene rings is 3. The fourth-order valence-corrected chi connectivity index (χ4v) is 3.99. The van der Waals surface area contributed by atoms with E-state index < -0.39 is 0 Å². The van der Waals surface area contributed by atoms with Crippen molar-refractivity contribution in [3.63, 3.8) is 0 Å². The predicted octanol–water partition coefficient (Wildman–Crippen LogP) is 6.11. The lowest BCUT2D eigenvalue weighted by Crippen LogP contribution is -1.99. The number of nitrogens with zero attached hydrogens (tertiary/aromatic N) is 3. The number of aromatic nitrogens is 4. The SMILES string of the molecule is COc1ccc(-c2cnc(-c3cc(Nc4ncnc5c(OC)cc(OC)cc45)ccc3Cl)[nH]2)cc1. The number of rotatable bonds is 7. The molecule has 35 heavy (non-hydrogen) atoms. The van der Waals surface area contributed by atoms with Gasteiger partial charge in [-0.2, -0.15) is 0 Å². The van der Waals surface area contributed by atoms with Crippen LogP contribution < -0.4 is 19.5 Å². The van der Waals surface area contributed by atoms with E-state index in [1.165, 1.54) is 6.33 Å². The van der Waals surface area contributed by atoms with Crippen LogP contribution >= 0.6 is 11.6 Å². The highest BCUT2D eigenvalue weighted by Crippen LogP contribution is 2.35. The fraction of sp³-hybridized carbons (Fsp3) is 0.115. The first kappa shape index (κ1) is 22.5. The summed E-state index contributed by atoms with van der Waals surface area (Å²) in [6, 6.07) is 17.0. The third-order valence-corrected chi connectivity index (χ3v) is 5.92. The molecular formula is C26H22ClN5O3. The molecule has 0 atom stereocenters. The van der Waals surface area contributed by atoms with Crippen molar-refractivity contribution in [1.29, 1.82) is 0 Å². The molecule has 5 rings (SSSR count). The molecule has 8 nitrogen and oxygen atoms in total. The third-order valence-electron chi connectivity index (χ3n) is 5.59. The Kier molecular flexibility index (Phi) is 6.12. The Labute approximate surface area is 206 Å². The minimum absolute atomic E-state index is 0.571. The topological polar surface area (TPSA) is 94.2 Å². The van der Waals surface area contributed by atoms with E-state index in [-0.39, 0.29) is 0 Å². The van der Waals surface area contributed by atoms with Crippen molar-refractivity contribution in [2.75, 3.05) is 26.6 Å². The lowest BCUT2D eigenvalue weighted by Gasteiger charge is -2.13. The summed E-state index contributed by atoms with van der Waals surface area (Å²) in [5.41, 5.74) is 4.08. The average Bonchev–Trinajstić information content (AvgIpc) is 3.39. The molecule has 0 amide bonds. The van der Waals surface area contributed by atoms with Crippen LogP contribution in [-0.2, 0) is 0 Å². The molecule has 176 valence electrons. The summed E-state index contributed by atoms with van der Waals surface area (Å²) in [6.07, 6.45) is 3.27. The summed E-state index contributed by atoms with van der Waals surface area (Å²) in [5, 5.41) is 4.70. The number of anilines is 2. The number of fused-ring (bicyclic) bond motifs is 1. The lowest BCUT2D eigenvalue weighted by atomic mass is 10.1. The van der Waals surface area contributed by atoms with Crippen LogP contribution in [-0.4, -0.2) is 41.3 Å². The van der Waals surface area contributed by atoms with E-state index >= 15 is 0 Å². The van der Waals surface area contributed by atoms with Crippen molar-refractivity contribution in [3.8, 4) is 39.9 Å². The normalized spacial score (nSPS) is 10.9. The van der Waals surface area contributed by atoms with Crippen molar-refractivity contribution in [3.05, 3.63) is 72.1 Å². The molecule has 0 aliphatic rings. The molecule has 2 aromatic heterocycles. The maximum atomic E-state index is 6.54. The molecule has 0 aliphatic heterocycles. The number of hydrogen-bond acceptors (Lipinski definition) is 7. The molecule has 0 unspecified atom stereocenters. The Morgan fingerprint density at radius 2 is 1.63 bits per heavy atom. The minimum Gasteiger partial charge on any atom is -0.497 e. The summed E-state index contributed by atoms with van der Waals surface area (Å²) >= 11 is 6.54. The summed E-state index contributed by atoms with van der Waals surface area (Å²) in [4.78, 5) is 16.7. The lowest BCUT2D eigenvalue weighted by molar-refractivity contribution is 0.397. The second-order valence-electron chi connectivity index (χ2n) is 7.64. The number of H-pyrrole nitrogens is 1. The zero-order chi connectivity index (χ0) is 24.4. The van der Waals surface area contributed by atoms with E-state index in [2.05, 4.69) is 25.3 Å². The smallest absolute Gasteiger partial charge is 0.148 e. The fourth-order valence-electron chi connectivity index (χ4n) is 3.78. The second-order valence-corrected chi connectivity index (χ2v) is 8.05. The molecule has 0 bridgehead atoms. The first-order valence-electron chi connectivity index (χ1n) is 10.7. The second kappa shape index (κ2) is 9.52. The molecule has 3 aromatic carbocycles. The zero-order valence-electron chi connectivity index (χ0n) is 19.3. The van der Waals surface area contributed by atoms with Gasteiger partial charge in [0.1, 0.15) is 40.7 Å². The number of imidazole rings is 1. The van der Waals surface area contributed by atoms with Gasteiger partial charge in [0.05, 0.1) is 43.6 Å². The van der Waals surface area contributed by atoms with Gasteiger partial charge in [0.15, 0.2) is 0 Å². The zero-order valence-corrected chi connectivity index (χ0v) is 20.1. The van der Waals surface area contributed by atoms with Crippen LogP contribution in [0.4, 0.5) is 11.5 Å². The highest BCUT2D eigenvalue weighted by molar-refractivity contribution is 6.33. The number of hydrogen-bond donors (Lipinski definition) is 2. The van der Waals surface area contributed by atoms with Gasteiger partial charge in [-0.1, -0.05) is 11.6 Å². The van der Waals surface area contributed by atoms with Crippen LogP contribution in [0.2, 0.25) is 5.02 Å². The summed E-state index contributed by atoms with van der Waals surface area (Å²) in [5.74, 6) is 3.30. The summed E-state index contributed by atoms with van der Waals surface area (Å²) in [7, 11) is 4.84. The van der Waals surface area contributed by atoms with E-state index in [1.54, 1.807) is 33.6 Å². The van der Waals surface area contributed by atoms with E-state index in [1.807, 2.05) is 48.5 Å². The molecule has 0 radical (unpaired) electrons. The Morgan fingerprint density at radius 1 is 0.829 bits per heavy atom. The van der Waals surface area contributed by atoms with Gasteiger partial charge in [-0.3, -0.25) is 0 Å². The average molecular weight is 488 g/mol. The maximum absolute atomic E-state index is 6.54. The molecular weight excluding hydrogens is 466 g/mol. The number of methoxy groups -OCH3 is 3. The Balaban J connectivity index is 1.49. The van der Waals surface area contributed by atoms with Crippen molar-refractivity contribution < 1.29 is 14.2 Å². The highest BCUT2D eigenvalue weighted by atomic mass is 35.5. The summed E-state index contributed by atoms with van der Waals surface area (Å²) < 4.78 is 16.1. The van der Waals surface area contributed by atoms with Crippen molar-refractivity contribution in [2.45, 2.75) is 0 Å². The van der Waals surface area contributed by atoms with Gasteiger partial charge in [-0.15, -0.1) is 0 Å². The van der Waals surface area contributed by atoms with E-state index in [0.29, 0.717) is 33.7 Å². The van der Waals surface area contributed by atoms with Gasteiger partial charge in [0, 0.05) is 17.3 Å². The summed E-state index contributed by atoms with van der Waals surface area (Å²) in [6.45, 7) is 0. The highest BCUT2D eigenvalue weighted by Gasteiger charge is 2.14. The van der Waals surface area contributed by atoms with Crippen molar-refractivity contribution >= 4 is 34.0 Å². The van der Waals surface area contributed by atoms with Gasteiger partial charge in [0.2, 0.25) is 0 Å². The molecule has 0 saturated heterocycles. The van der Waals surface area contributed by atoms with Crippen LogP contribution in [0, 0.1) is 0 Å². The van der Waals surface area contributed by atoms with Crippen LogP contribution in [0.3, 0.4) is 0 Å². The van der Waals surface area contributed by atoms with Gasteiger partial charge in [-0.25, -0.2) is 15.0 Å². The predicted molar refractivity (Wildman–Crippen MR) is 137 cm³/mol. The van der Waals surface area contributed by atoms with Gasteiger partial charge in [0.25, 0.3) is 0 Å². The van der Waals surface area contributed by atoms with Gasteiger partial charge >= 0.3 is 0 Å². The van der Waals surface area contributed by atoms with E-state index in [4.69, 9.17) is 25.8 Å². The van der Waals surface area contributed by atoms with Gasteiger partial charge in [-0.05, 0) is 54.1 Å². The number of nitrogens with one attached hydrogen (secondary N) is 2. The Morgan fingerprint density at radius 3 is 2.37 bits per heavy atom. The molecule has 2 N–H and O–H groups in total. The molecule has 9 heteroatoms. The van der Waals surface area contributed by atoms with Crippen LogP contribution in [0.25, 0.3) is 33.5 Å². The van der Waals surface area contributed by atoms with Crippen molar-refractivity contribution in [2.24, 2.45) is 0 Å². The van der Waals surface area contributed by atoms with Crippen LogP contribution in [0.1, 0.15) is 0 Å². The first-order chi connectivity index (χ1) is 17.1. The molecule has 0 aliphatic carbocycles. The molecule has 0 spiro atoms. The minimum atomic E-state index is 0.571. The standard InChI is InChI=1S/C26H22ClN5O3/c1-33-17-7-4-15(5-8-17)22-13-28-25(32-22)19-10-16(6-9-21(19)27)31-26-20-11-18(34-2)12-23(35-3)24(20)29-14-30-26/h4-14H,1-3H3,(H,28,32)(H,29,30,31). The number of halogens is 1. The molecule has 0 saturated carbocycles. The molecule has 2 heterocycles. The number of ether oxygens (including phenoxy) is 3. The van der Waals surface area contributed by atoms with Crippen LogP contribution in [0.15, 0.2) is 67.1 Å². The largest absolute Gasteiger partial charge is 0.497 e. The molecule has 0 fully saturated rings. The van der Waals surface area contributed by atoms with E-state index in [9.17, 15) is 0 Å². The Hall–Kier alpha value is -4.30. The van der Waals surface area contributed by atoms with E-state index in [0.717, 1.165) is 33.6 Å². The Bertz CT molecular complexity index is 1500. The van der Waals surface area contributed by atoms with Gasteiger partial charge < -0.3 is 24.5 Å². The van der Waals surface area contributed by atoms with Crippen molar-refractivity contribution in [1.82, 2.24) is 19.9 Å². The number of aromatic amines is 1. The maximum Gasteiger partial charge on any atom is 0.148 e. The third kappa shape index (κ3) is 4.43. The quantitative estimate of drug-likeness (QED) is 0.286. The van der Waals surface area contributed by atoms with Crippen LogP contribution in [0.5, 0.6) is 17.2 Å².